The number of aryl methyl sites for hydroxylation is 6. The van der Waals surface area contributed by atoms with Gasteiger partial charge in [-0.3, -0.25) is 9.36 Å². The molecule has 0 spiro atoms. The first-order chi connectivity index (χ1) is 21.9. The average molecular weight is 696 g/mol. The van der Waals surface area contributed by atoms with E-state index in [2.05, 4.69) is 123 Å². The minimum absolute atomic E-state index is 0. The zero-order valence-electron chi connectivity index (χ0n) is 30.1. The summed E-state index contributed by atoms with van der Waals surface area (Å²) in [7, 11) is 12.3. The van der Waals surface area contributed by atoms with Crippen LogP contribution in [0.4, 0.5) is 11.4 Å². The zero-order chi connectivity index (χ0) is 33.1. The molecule has 0 aliphatic rings. The van der Waals surface area contributed by atoms with Gasteiger partial charge in [-0.2, -0.15) is 10.2 Å². The molecule has 0 saturated heterocycles. The Kier molecular flexibility index (Phi) is 13.4. The molecular weight excluding hydrogens is 643 g/mol. The van der Waals surface area contributed by atoms with E-state index in [4.69, 9.17) is 9.97 Å². The van der Waals surface area contributed by atoms with Crippen molar-refractivity contribution in [2.45, 2.75) is 40.5 Å². The summed E-state index contributed by atoms with van der Waals surface area (Å²) in [6.07, 6.45) is 2.20. The molecule has 6 aromatic rings. The van der Waals surface area contributed by atoms with Gasteiger partial charge in [0.1, 0.15) is 0 Å². The Labute approximate surface area is 297 Å². The SMILES string of the molecule is Cc1ccc2nc3c(c(C)nn3C)c(NCCCN(C)C)c2c1.Cc1ccc2nc3c(c(C)nn3C)c(NCCCN(C)C)c2c1.Cl.Cl. The van der Waals surface area contributed by atoms with Gasteiger partial charge in [-0.05, 0) is 106 Å². The third kappa shape index (κ3) is 8.47. The van der Waals surface area contributed by atoms with E-state index in [1.807, 2.05) is 23.5 Å². The normalized spacial score (nSPS) is 11.2. The lowest BCUT2D eigenvalue weighted by Crippen LogP contribution is -2.16. The summed E-state index contributed by atoms with van der Waals surface area (Å²) in [5.74, 6) is 0. The molecule has 0 aliphatic heterocycles. The molecule has 0 atom stereocenters. The van der Waals surface area contributed by atoms with E-state index in [1.54, 1.807) is 0 Å². The fraction of sp³-hybridized carbons (Fsp3) is 0.444. The Morgan fingerprint density at radius 3 is 1.33 bits per heavy atom. The number of nitrogens with zero attached hydrogens (tertiary/aromatic N) is 8. The van der Waals surface area contributed by atoms with Crippen molar-refractivity contribution in [3.05, 3.63) is 58.9 Å². The van der Waals surface area contributed by atoms with E-state index in [0.29, 0.717) is 0 Å². The van der Waals surface area contributed by atoms with Crippen molar-refractivity contribution < 1.29 is 0 Å². The number of aromatic nitrogens is 6. The Morgan fingerprint density at radius 2 is 0.979 bits per heavy atom. The fourth-order valence-electron chi connectivity index (χ4n) is 6.11. The minimum atomic E-state index is 0. The first kappa shape index (κ1) is 38.7. The number of benzene rings is 2. The molecular formula is C36H52Cl2N10. The smallest absolute Gasteiger partial charge is 0.160 e. The van der Waals surface area contributed by atoms with Crippen LogP contribution in [0.25, 0.3) is 43.9 Å². The second kappa shape index (κ2) is 16.6. The molecule has 0 amide bonds. The molecule has 0 unspecified atom stereocenters. The van der Waals surface area contributed by atoms with Crippen molar-refractivity contribution in [2.24, 2.45) is 14.1 Å². The summed E-state index contributed by atoms with van der Waals surface area (Å²) in [5.41, 5.74) is 10.8. The number of nitrogens with one attached hydrogen (secondary N) is 2. The van der Waals surface area contributed by atoms with Crippen LogP contribution in [0, 0.1) is 27.7 Å². The van der Waals surface area contributed by atoms with Crippen molar-refractivity contribution in [1.29, 1.82) is 0 Å². The Bertz CT molecular complexity index is 1850. The predicted octanol–water partition coefficient (Wildman–Crippen LogP) is 7.05. The maximum atomic E-state index is 4.81. The third-order valence-electron chi connectivity index (χ3n) is 8.35. The molecule has 6 rings (SSSR count). The standard InChI is InChI=1S/2C18H25N5.2ClH/c2*1-12-7-8-15-14(11-12)17(19-9-6-10-22(3)4)16-13(2)21-23(5)18(16)20-15;;/h2*7-8,11H,6,9-10H2,1-5H3,(H,19,20);2*1H. The molecule has 48 heavy (non-hydrogen) atoms. The van der Waals surface area contributed by atoms with Gasteiger partial charge in [-0.1, -0.05) is 23.3 Å². The van der Waals surface area contributed by atoms with Crippen LogP contribution in [0.15, 0.2) is 36.4 Å². The number of hydrogen-bond acceptors (Lipinski definition) is 8. The summed E-state index contributed by atoms with van der Waals surface area (Å²) >= 11 is 0. The number of halogens is 2. The second-order valence-corrected chi connectivity index (χ2v) is 13.0. The van der Waals surface area contributed by atoms with E-state index < -0.39 is 0 Å². The van der Waals surface area contributed by atoms with Gasteiger partial charge >= 0.3 is 0 Å². The van der Waals surface area contributed by atoms with E-state index in [1.165, 1.54) is 21.9 Å². The summed E-state index contributed by atoms with van der Waals surface area (Å²) < 4.78 is 3.74. The first-order valence-corrected chi connectivity index (χ1v) is 16.2. The summed E-state index contributed by atoms with van der Waals surface area (Å²) in [6, 6.07) is 12.8. The molecule has 0 aliphatic carbocycles. The van der Waals surface area contributed by atoms with Gasteiger partial charge in [0.05, 0.1) is 44.6 Å². The van der Waals surface area contributed by atoms with Gasteiger partial charge in [0.2, 0.25) is 0 Å². The molecule has 2 aromatic carbocycles. The lowest BCUT2D eigenvalue weighted by Gasteiger charge is -2.14. The van der Waals surface area contributed by atoms with E-state index >= 15 is 0 Å². The van der Waals surface area contributed by atoms with Crippen molar-refractivity contribution in [3.8, 4) is 0 Å². The van der Waals surface area contributed by atoms with E-state index in [-0.39, 0.29) is 24.8 Å². The molecule has 0 radical (unpaired) electrons. The molecule has 0 saturated carbocycles. The molecule has 10 nitrogen and oxygen atoms in total. The Hall–Kier alpha value is -3.70. The van der Waals surface area contributed by atoms with Gasteiger partial charge in [0.15, 0.2) is 11.3 Å². The zero-order valence-corrected chi connectivity index (χ0v) is 31.7. The molecule has 260 valence electrons. The monoisotopic (exact) mass is 694 g/mol. The van der Waals surface area contributed by atoms with Gasteiger partial charge in [-0.15, -0.1) is 24.8 Å². The summed E-state index contributed by atoms with van der Waals surface area (Å²) in [6.45, 7) is 12.4. The number of rotatable bonds is 10. The van der Waals surface area contributed by atoms with Crippen LogP contribution in [0.1, 0.15) is 35.4 Å². The highest BCUT2D eigenvalue weighted by Gasteiger charge is 2.17. The maximum Gasteiger partial charge on any atom is 0.160 e. The molecule has 0 bridgehead atoms. The Morgan fingerprint density at radius 1 is 0.604 bits per heavy atom. The fourth-order valence-corrected chi connectivity index (χ4v) is 6.11. The van der Waals surface area contributed by atoms with Crippen LogP contribution in [0.3, 0.4) is 0 Å². The molecule has 4 heterocycles. The van der Waals surface area contributed by atoms with Gasteiger partial charge in [-0.25, -0.2) is 9.97 Å². The van der Waals surface area contributed by atoms with E-state index in [9.17, 15) is 0 Å². The Balaban J connectivity index is 0.000000250. The number of fused-ring (bicyclic) bond motifs is 4. The van der Waals surface area contributed by atoms with E-state index in [0.717, 1.165) is 94.9 Å². The van der Waals surface area contributed by atoms with Gasteiger partial charge in [0.25, 0.3) is 0 Å². The lowest BCUT2D eigenvalue weighted by atomic mass is 10.1. The van der Waals surface area contributed by atoms with Crippen molar-refractivity contribution in [2.75, 3.05) is 65.0 Å². The highest BCUT2D eigenvalue weighted by molar-refractivity contribution is 6.08. The predicted molar refractivity (Wildman–Crippen MR) is 209 cm³/mol. The quantitative estimate of drug-likeness (QED) is 0.148. The van der Waals surface area contributed by atoms with Crippen LogP contribution >= 0.6 is 24.8 Å². The highest BCUT2D eigenvalue weighted by Crippen LogP contribution is 2.34. The van der Waals surface area contributed by atoms with Crippen LogP contribution in [-0.2, 0) is 14.1 Å². The number of anilines is 2. The maximum absolute atomic E-state index is 4.81. The van der Waals surface area contributed by atoms with Crippen molar-refractivity contribution in [1.82, 2.24) is 39.3 Å². The summed E-state index contributed by atoms with van der Waals surface area (Å²) in [4.78, 5) is 14.0. The lowest BCUT2D eigenvalue weighted by molar-refractivity contribution is 0.405. The summed E-state index contributed by atoms with van der Waals surface area (Å²) in [5, 5.41) is 21.0. The van der Waals surface area contributed by atoms with Crippen LogP contribution in [0.5, 0.6) is 0 Å². The van der Waals surface area contributed by atoms with Crippen LogP contribution < -0.4 is 10.6 Å². The number of pyridine rings is 2. The first-order valence-electron chi connectivity index (χ1n) is 16.2. The van der Waals surface area contributed by atoms with Crippen LogP contribution in [0.2, 0.25) is 0 Å². The van der Waals surface area contributed by atoms with Crippen LogP contribution in [-0.4, -0.2) is 93.7 Å². The van der Waals surface area contributed by atoms with Gasteiger partial charge < -0.3 is 20.4 Å². The topological polar surface area (TPSA) is 92.0 Å². The number of hydrogen-bond donors (Lipinski definition) is 2. The molecule has 2 N–H and O–H groups in total. The molecule has 12 heteroatoms. The molecule has 0 fully saturated rings. The van der Waals surface area contributed by atoms with Crippen molar-refractivity contribution in [3.63, 3.8) is 0 Å². The highest BCUT2D eigenvalue weighted by atomic mass is 35.5. The minimum Gasteiger partial charge on any atom is -0.384 e. The largest absolute Gasteiger partial charge is 0.384 e. The average Bonchev–Trinajstić information content (AvgIpc) is 3.45. The third-order valence-corrected chi connectivity index (χ3v) is 8.35. The second-order valence-electron chi connectivity index (χ2n) is 13.0. The van der Waals surface area contributed by atoms with Crippen molar-refractivity contribution >= 4 is 80.1 Å². The molecule has 4 aromatic heterocycles. The van der Waals surface area contributed by atoms with Gasteiger partial charge in [0, 0.05) is 38.0 Å².